The van der Waals surface area contributed by atoms with Gasteiger partial charge >= 0.3 is 0 Å². The average molecular weight is 660 g/mol. The molecule has 1 N–H and O–H groups in total. The fourth-order valence-corrected chi connectivity index (χ4v) is 7.96. The Morgan fingerprint density at radius 3 is 2.47 bits per heavy atom. The molecule has 4 aliphatic rings. The first-order chi connectivity index (χ1) is 23.9. The molecule has 8 rings (SSSR count). The quantitative estimate of drug-likeness (QED) is 0.170. The smallest absolute Gasteiger partial charge is 0.262 e. The number of nitrogens with zero attached hydrogens (tertiary/aromatic N) is 6. The minimum atomic E-state index is -0.928. The van der Waals surface area contributed by atoms with Crippen molar-refractivity contribution in [2.45, 2.75) is 82.2 Å². The number of nitrogens with one attached hydrogen (secondary N) is 1. The Hall–Kier alpha value is -4.77. The number of amides is 4. The molecule has 3 fully saturated rings. The molecule has 0 bridgehead atoms. The maximum absolute atomic E-state index is 13.2. The Morgan fingerprint density at radius 1 is 0.837 bits per heavy atom. The lowest BCUT2D eigenvalue weighted by atomic mass is 10.0. The van der Waals surface area contributed by atoms with E-state index in [1.54, 1.807) is 6.07 Å². The van der Waals surface area contributed by atoms with Crippen LogP contribution in [0.3, 0.4) is 0 Å². The van der Waals surface area contributed by atoms with E-state index < -0.39 is 23.8 Å². The highest BCUT2D eigenvalue weighted by atomic mass is 16.2. The first kappa shape index (κ1) is 31.5. The number of fused-ring (bicyclic) bond motifs is 2. The molecule has 3 atom stereocenters. The van der Waals surface area contributed by atoms with E-state index in [4.69, 9.17) is 4.98 Å². The number of rotatable bonds is 11. The number of carbonyl (C=O) groups excluding carboxylic acids is 4. The third kappa shape index (κ3) is 6.39. The summed E-state index contributed by atoms with van der Waals surface area (Å²) in [6.07, 6.45) is 15.5. The van der Waals surface area contributed by atoms with Crippen LogP contribution in [0.1, 0.15) is 102 Å². The maximum Gasteiger partial charge on any atom is 0.262 e. The van der Waals surface area contributed by atoms with Crippen LogP contribution in [0.15, 0.2) is 61.1 Å². The molecule has 1 aliphatic carbocycles. The summed E-state index contributed by atoms with van der Waals surface area (Å²) >= 11 is 0. The third-order valence-corrected chi connectivity index (χ3v) is 10.9. The second-order valence-electron chi connectivity index (χ2n) is 14.1. The molecule has 5 heterocycles. The minimum Gasteiger partial charge on any atom is -0.303 e. The monoisotopic (exact) mass is 659 g/mol. The van der Waals surface area contributed by atoms with Crippen molar-refractivity contribution in [2.24, 2.45) is 5.92 Å². The van der Waals surface area contributed by atoms with Crippen molar-refractivity contribution in [3.05, 3.63) is 77.7 Å². The Labute approximate surface area is 285 Å². The molecule has 11 heteroatoms. The summed E-state index contributed by atoms with van der Waals surface area (Å²) < 4.78 is 2.12. The lowest BCUT2D eigenvalue weighted by Gasteiger charge is -2.32. The van der Waals surface area contributed by atoms with Crippen LogP contribution in [0.5, 0.6) is 0 Å². The van der Waals surface area contributed by atoms with Crippen LogP contribution < -0.4 is 5.32 Å². The van der Waals surface area contributed by atoms with Gasteiger partial charge in [0.15, 0.2) is 0 Å². The van der Waals surface area contributed by atoms with Crippen LogP contribution in [-0.2, 0) is 9.59 Å². The van der Waals surface area contributed by atoms with Crippen molar-refractivity contribution in [3.63, 3.8) is 0 Å². The minimum absolute atomic E-state index is 0.121. The second-order valence-corrected chi connectivity index (χ2v) is 14.1. The summed E-state index contributed by atoms with van der Waals surface area (Å²) in [5, 5.41) is 6.94. The molecule has 3 unspecified atom stereocenters. The molecule has 2 saturated heterocycles. The van der Waals surface area contributed by atoms with Gasteiger partial charge in [0.05, 0.1) is 46.3 Å². The predicted molar refractivity (Wildman–Crippen MR) is 183 cm³/mol. The van der Waals surface area contributed by atoms with Crippen molar-refractivity contribution in [3.8, 4) is 11.3 Å². The second kappa shape index (κ2) is 13.3. The van der Waals surface area contributed by atoms with Gasteiger partial charge in [-0.2, -0.15) is 5.10 Å². The summed E-state index contributed by atoms with van der Waals surface area (Å²) in [6, 6.07) is 13.0. The van der Waals surface area contributed by atoms with Crippen molar-refractivity contribution in [2.75, 3.05) is 19.6 Å². The number of likely N-dealkylation sites (tertiary alicyclic amines) is 1. The van der Waals surface area contributed by atoms with Gasteiger partial charge in [-0.3, -0.25) is 39.1 Å². The van der Waals surface area contributed by atoms with E-state index in [2.05, 4.69) is 31.2 Å². The predicted octanol–water partition coefficient (Wildman–Crippen LogP) is 5.29. The maximum atomic E-state index is 13.2. The topological polar surface area (TPSA) is 130 Å². The molecule has 11 nitrogen and oxygen atoms in total. The summed E-state index contributed by atoms with van der Waals surface area (Å²) in [4.78, 5) is 63.0. The van der Waals surface area contributed by atoms with E-state index in [0.717, 1.165) is 71.7 Å². The number of carbonyl (C=O) groups is 4. The number of unbranched alkanes of at least 4 members (excludes halogenated alkanes) is 3. The van der Waals surface area contributed by atoms with Gasteiger partial charge < -0.3 is 4.90 Å². The zero-order valence-corrected chi connectivity index (χ0v) is 27.6. The number of para-hydroxylation sites is 2. The fraction of sp³-hybridized carbons (Fsp3) is 0.447. The summed E-state index contributed by atoms with van der Waals surface area (Å²) in [6.45, 7) is 3.34. The number of hydrogen-bond donors (Lipinski definition) is 1. The van der Waals surface area contributed by atoms with E-state index in [9.17, 15) is 19.2 Å². The van der Waals surface area contributed by atoms with Crippen molar-refractivity contribution >= 4 is 34.7 Å². The summed E-state index contributed by atoms with van der Waals surface area (Å²) in [7, 11) is 0. The lowest BCUT2D eigenvalue weighted by Crippen LogP contribution is -2.54. The lowest BCUT2D eigenvalue weighted by molar-refractivity contribution is -0.136. The molecule has 49 heavy (non-hydrogen) atoms. The Kier molecular flexibility index (Phi) is 8.53. The molecule has 4 aromatic rings. The Balaban J connectivity index is 0.739. The van der Waals surface area contributed by atoms with Gasteiger partial charge in [0.2, 0.25) is 11.8 Å². The Bertz CT molecular complexity index is 1930. The van der Waals surface area contributed by atoms with Crippen molar-refractivity contribution in [1.29, 1.82) is 0 Å². The van der Waals surface area contributed by atoms with E-state index >= 15 is 0 Å². The zero-order valence-electron chi connectivity index (χ0n) is 27.6. The zero-order chi connectivity index (χ0) is 33.5. The van der Waals surface area contributed by atoms with Gasteiger partial charge in [0, 0.05) is 31.3 Å². The number of imide groups is 2. The summed E-state index contributed by atoms with van der Waals surface area (Å²) in [5.74, 6) is -0.784. The first-order valence-electron chi connectivity index (χ1n) is 17.8. The normalized spacial score (nSPS) is 22.9. The molecule has 3 aliphatic heterocycles. The van der Waals surface area contributed by atoms with Gasteiger partial charge in [-0.05, 0) is 86.7 Å². The van der Waals surface area contributed by atoms with E-state index in [1.807, 2.05) is 48.8 Å². The van der Waals surface area contributed by atoms with Crippen LogP contribution in [0.2, 0.25) is 0 Å². The van der Waals surface area contributed by atoms with Gasteiger partial charge in [-0.1, -0.05) is 37.5 Å². The van der Waals surface area contributed by atoms with Gasteiger partial charge in [-0.15, -0.1) is 0 Å². The van der Waals surface area contributed by atoms with Crippen molar-refractivity contribution in [1.82, 2.24) is 34.9 Å². The molecular weight excluding hydrogens is 618 g/mol. The number of hydrogen-bond acceptors (Lipinski definition) is 8. The number of benzene rings is 2. The molecule has 2 aromatic carbocycles. The van der Waals surface area contributed by atoms with Gasteiger partial charge in [-0.25, -0.2) is 4.98 Å². The first-order valence-corrected chi connectivity index (χ1v) is 17.8. The van der Waals surface area contributed by atoms with Crippen LogP contribution in [0, 0.1) is 5.92 Å². The van der Waals surface area contributed by atoms with Gasteiger partial charge in [0.1, 0.15) is 6.04 Å². The molecular formula is C38H41N7O4. The number of aromatic nitrogens is 4. The van der Waals surface area contributed by atoms with E-state index in [0.29, 0.717) is 29.0 Å². The number of piperidine rings is 2. The standard InChI is InChI=1S/C38H41N7O4/c46-35-13-12-34(36(47)42-35)45-37(48)28-11-10-25(20-30(28)38(45)49)29-19-24(29)7-3-1-2-6-16-43-17-14-27(15-18-43)44-23-26(21-40-44)33-22-39-31-8-4-5-9-32(31)41-33/h4-5,8-11,20-24,27,29,34H,1-3,6-7,12-19H2,(H,42,46,47). The fourth-order valence-electron chi connectivity index (χ4n) is 7.96. The SMILES string of the molecule is O=C1CCC(N2C(=O)c3ccc(C4CC4CCCCCCN4CCC(n5cc(-c6cnc7ccccc7n6)cn5)CC4)cc3C2=O)C(=O)N1. The van der Waals surface area contributed by atoms with Crippen LogP contribution >= 0.6 is 0 Å². The van der Waals surface area contributed by atoms with Crippen LogP contribution in [0.25, 0.3) is 22.3 Å². The molecule has 4 amide bonds. The highest BCUT2D eigenvalue weighted by molar-refractivity contribution is 6.23. The third-order valence-electron chi connectivity index (χ3n) is 10.9. The van der Waals surface area contributed by atoms with E-state index in [1.165, 1.54) is 32.1 Å². The molecule has 252 valence electrons. The van der Waals surface area contributed by atoms with Crippen molar-refractivity contribution < 1.29 is 19.2 Å². The average Bonchev–Trinajstić information content (AvgIpc) is 3.64. The van der Waals surface area contributed by atoms with E-state index in [-0.39, 0.29) is 18.7 Å². The molecule has 1 saturated carbocycles. The Morgan fingerprint density at radius 2 is 1.63 bits per heavy atom. The largest absolute Gasteiger partial charge is 0.303 e. The van der Waals surface area contributed by atoms with Crippen LogP contribution in [-0.4, -0.2) is 78.9 Å². The highest BCUT2D eigenvalue weighted by Crippen LogP contribution is 2.51. The van der Waals surface area contributed by atoms with Crippen LogP contribution in [0.4, 0.5) is 0 Å². The molecule has 2 aromatic heterocycles. The summed E-state index contributed by atoms with van der Waals surface area (Å²) in [5.41, 5.74) is 5.50. The highest BCUT2D eigenvalue weighted by Gasteiger charge is 2.46. The molecule has 0 spiro atoms. The van der Waals surface area contributed by atoms with Gasteiger partial charge in [0.25, 0.3) is 11.8 Å². The molecule has 0 radical (unpaired) electrons.